The number of esters is 1. The summed E-state index contributed by atoms with van der Waals surface area (Å²) >= 11 is 7.41. The van der Waals surface area contributed by atoms with E-state index in [1.165, 1.54) is 7.11 Å². The highest BCUT2D eigenvalue weighted by Gasteiger charge is 2.16. The quantitative estimate of drug-likeness (QED) is 0.453. The first-order valence-corrected chi connectivity index (χ1v) is 9.18. The Morgan fingerprint density at radius 1 is 1.23 bits per heavy atom. The maximum absolute atomic E-state index is 12.3. The Hall–Kier alpha value is -2.51. The second-order valence-electron chi connectivity index (χ2n) is 5.16. The molecule has 0 amide bonds. The number of ether oxygens (including phenoxy) is 2. The van der Waals surface area contributed by atoms with Gasteiger partial charge in [0.1, 0.15) is 11.3 Å². The number of aromatic nitrogens is 2. The van der Waals surface area contributed by atoms with Crippen LogP contribution in [0.15, 0.2) is 51.9 Å². The van der Waals surface area contributed by atoms with Crippen LogP contribution in [0.2, 0.25) is 5.02 Å². The number of hydrogen-bond donors (Lipinski definition) is 0. The van der Waals surface area contributed by atoms with Gasteiger partial charge in [0.25, 0.3) is 5.89 Å². The summed E-state index contributed by atoms with van der Waals surface area (Å²) in [4.78, 5) is 17.5. The maximum atomic E-state index is 12.3. The predicted molar refractivity (Wildman–Crippen MR) is 98.6 cm³/mol. The molecule has 0 aliphatic heterocycles. The van der Waals surface area contributed by atoms with Crippen molar-refractivity contribution < 1.29 is 18.8 Å². The molecule has 1 aromatic heterocycles. The number of benzene rings is 2. The lowest BCUT2D eigenvalue weighted by atomic mass is 10.2. The average Bonchev–Trinajstić information content (AvgIpc) is 3.15. The lowest BCUT2D eigenvalue weighted by Crippen LogP contribution is -2.07. The van der Waals surface area contributed by atoms with Gasteiger partial charge >= 0.3 is 5.97 Å². The number of methoxy groups -OCH3 is 1. The van der Waals surface area contributed by atoms with Gasteiger partial charge in [-0.25, -0.2) is 4.79 Å². The SMILES string of the molecule is COc1cc(SC)ccc1C(=O)OCc1nc(-c2ccc(Cl)cc2)no1. The van der Waals surface area contributed by atoms with Crippen LogP contribution in [0.3, 0.4) is 0 Å². The van der Waals surface area contributed by atoms with Crippen LogP contribution in [0.5, 0.6) is 5.75 Å². The Kier molecular flexibility index (Phi) is 5.80. The van der Waals surface area contributed by atoms with Crippen molar-refractivity contribution >= 4 is 29.3 Å². The van der Waals surface area contributed by atoms with Crippen LogP contribution in [0.4, 0.5) is 0 Å². The minimum Gasteiger partial charge on any atom is -0.496 e. The topological polar surface area (TPSA) is 74.5 Å². The molecule has 0 spiro atoms. The van der Waals surface area contributed by atoms with Gasteiger partial charge in [-0.05, 0) is 48.7 Å². The standard InChI is InChI=1S/C18H15ClN2O4S/c1-23-15-9-13(26-2)7-8-14(15)18(22)24-10-16-20-17(21-25-16)11-3-5-12(19)6-4-11/h3-9H,10H2,1-2H3. The van der Waals surface area contributed by atoms with E-state index < -0.39 is 5.97 Å². The lowest BCUT2D eigenvalue weighted by molar-refractivity contribution is 0.0426. The van der Waals surface area contributed by atoms with E-state index in [-0.39, 0.29) is 12.5 Å². The molecule has 3 rings (SSSR count). The van der Waals surface area contributed by atoms with E-state index in [4.69, 9.17) is 25.6 Å². The first kappa shape index (κ1) is 18.3. The Morgan fingerprint density at radius 3 is 2.69 bits per heavy atom. The second-order valence-corrected chi connectivity index (χ2v) is 6.48. The fourth-order valence-electron chi connectivity index (χ4n) is 2.20. The van der Waals surface area contributed by atoms with Crippen LogP contribution in [-0.4, -0.2) is 29.5 Å². The number of nitrogens with zero attached hydrogens (tertiary/aromatic N) is 2. The first-order valence-electron chi connectivity index (χ1n) is 7.58. The molecule has 134 valence electrons. The van der Waals surface area contributed by atoms with Crippen LogP contribution in [-0.2, 0) is 11.3 Å². The normalized spacial score (nSPS) is 10.6. The molecule has 3 aromatic rings. The summed E-state index contributed by atoms with van der Waals surface area (Å²) in [7, 11) is 1.51. The van der Waals surface area contributed by atoms with Gasteiger partial charge in [0.15, 0.2) is 6.61 Å². The van der Waals surface area contributed by atoms with Crippen molar-refractivity contribution in [2.24, 2.45) is 0 Å². The Morgan fingerprint density at radius 2 is 2.00 bits per heavy atom. The predicted octanol–water partition coefficient (Wildman–Crippen LogP) is 4.48. The smallest absolute Gasteiger partial charge is 0.342 e. The molecule has 8 heteroatoms. The molecule has 0 N–H and O–H groups in total. The summed E-state index contributed by atoms with van der Waals surface area (Å²) in [5, 5.41) is 4.49. The fourth-order valence-corrected chi connectivity index (χ4v) is 2.76. The van der Waals surface area contributed by atoms with E-state index in [1.54, 1.807) is 48.2 Å². The van der Waals surface area contributed by atoms with Crippen molar-refractivity contribution in [1.29, 1.82) is 0 Å². The maximum Gasteiger partial charge on any atom is 0.342 e. The van der Waals surface area contributed by atoms with Gasteiger partial charge in [-0.15, -0.1) is 11.8 Å². The number of rotatable bonds is 6. The lowest BCUT2D eigenvalue weighted by Gasteiger charge is -2.09. The minimum atomic E-state index is -0.527. The van der Waals surface area contributed by atoms with Crippen molar-refractivity contribution in [3.8, 4) is 17.1 Å². The van der Waals surface area contributed by atoms with Gasteiger partial charge in [0.2, 0.25) is 5.82 Å². The zero-order valence-corrected chi connectivity index (χ0v) is 15.6. The molecule has 0 aliphatic rings. The van der Waals surface area contributed by atoms with Crippen LogP contribution in [0, 0.1) is 0 Å². The Bertz CT molecular complexity index is 912. The fraction of sp³-hybridized carbons (Fsp3) is 0.167. The molecule has 0 aliphatic carbocycles. The number of hydrogen-bond acceptors (Lipinski definition) is 7. The highest BCUT2D eigenvalue weighted by Crippen LogP contribution is 2.26. The Balaban J connectivity index is 1.68. The highest BCUT2D eigenvalue weighted by molar-refractivity contribution is 7.98. The van der Waals surface area contributed by atoms with E-state index in [1.807, 2.05) is 12.3 Å². The minimum absolute atomic E-state index is 0.132. The molecule has 0 unspecified atom stereocenters. The van der Waals surface area contributed by atoms with Gasteiger partial charge in [-0.1, -0.05) is 16.8 Å². The molecule has 0 atom stereocenters. The van der Waals surface area contributed by atoms with Crippen LogP contribution in [0.1, 0.15) is 16.2 Å². The third kappa shape index (κ3) is 4.17. The molecule has 0 saturated carbocycles. The van der Waals surface area contributed by atoms with Crippen molar-refractivity contribution in [2.75, 3.05) is 13.4 Å². The van der Waals surface area contributed by atoms with Gasteiger partial charge in [-0.2, -0.15) is 4.98 Å². The molecule has 6 nitrogen and oxygen atoms in total. The van der Waals surface area contributed by atoms with Gasteiger partial charge in [0, 0.05) is 15.5 Å². The molecule has 2 aromatic carbocycles. The number of thioether (sulfide) groups is 1. The summed E-state index contributed by atoms with van der Waals surface area (Å²) in [6.07, 6.45) is 1.95. The highest BCUT2D eigenvalue weighted by atomic mass is 35.5. The number of halogens is 1. The molecule has 0 fully saturated rings. The summed E-state index contributed by atoms with van der Waals surface area (Å²) in [5.74, 6) is 0.521. The Labute approximate surface area is 159 Å². The largest absolute Gasteiger partial charge is 0.496 e. The van der Waals surface area contributed by atoms with Crippen LogP contribution in [0.25, 0.3) is 11.4 Å². The average molecular weight is 391 g/mol. The van der Waals surface area contributed by atoms with Gasteiger partial charge in [0.05, 0.1) is 7.11 Å². The van der Waals surface area contributed by atoms with E-state index in [0.29, 0.717) is 22.2 Å². The van der Waals surface area contributed by atoms with Gasteiger partial charge in [-0.3, -0.25) is 0 Å². The van der Waals surface area contributed by atoms with E-state index >= 15 is 0 Å². The van der Waals surface area contributed by atoms with Crippen molar-refractivity contribution in [1.82, 2.24) is 10.1 Å². The molecule has 26 heavy (non-hydrogen) atoms. The zero-order valence-electron chi connectivity index (χ0n) is 14.1. The molecule has 1 heterocycles. The molecular weight excluding hydrogens is 376 g/mol. The van der Waals surface area contributed by atoms with Crippen molar-refractivity contribution in [3.63, 3.8) is 0 Å². The zero-order chi connectivity index (χ0) is 18.5. The summed E-state index contributed by atoms with van der Waals surface area (Å²) < 4.78 is 15.6. The molecule has 0 bridgehead atoms. The van der Waals surface area contributed by atoms with Crippen molar-refractivity contribution in [2.45, 2.75) is 11.5 Å². The first-order chi connectivity index (χ1) is 12.6. The summed E-state index contributed by atoms with van der Waals surface area (Å²) in [5.41, 5.74) is 1.09. The number of carbonyl (C=O) groups is 1. The van der Waals surface area contributed by atoms with Crippen LogP contribution < -0.4 is 4.74 Å². The van der Waals surface area contributed by atoms with E-state index in [9.17, 15) is 4.79 Å². The second kappa shape index (κ2) is 8.25. The number of carbonyl (C=O) groups excluding carboxylic acids is 1. The molecular formula is C18H15ClN2O4S. The summed E-state index contributed by atoms with van der Waals surface area (Å²) in [6, 6.07) is 12.3. The summed E-state index contributed by atoms with van der Waals surface area (Å²) in [6.45, 7) is -0.132. The van der Waals surface area contributed by atoms with Crippen molar-refractivity contribution in [3.05, 3.63) is 58.9 Å². The monoisotopic (exact) mass is 390 g/mol. The van der Waals surface area contributed by atoms with E-state index in [0.717, 1.165) is 10.5 Å². The third-order valence-electron chi connectivity index (χ3n) is 3.53. The van der Waals surface area contributed by atoms with E-state index in [2.05, 4.69) is 10.1 Å². The van der Waals surface area contributed by atoms with Gasteiger partial charge < -0.3 is 14.0 Å². The molecule has 0 saturated heterocycles. The third-order valence-corrected chi connectivity index (χ3v) is 4.50. The molecule has 0 radical (unpaired) electrons. The van der Waals surface area contributed by atoms with Crippen LogP contribution >= 0.6 is 23.4 Å².